The molecule has 2 rings (SSSR count). The molecule has 0 saturated carbocycles. The van der Waals surface area contributed by atoms with E-state index in [-0.39, 0.29) is 63.6 Å². The molecule has 4 nitrogen and oxygen atoms in total. The van der Waals surface area contributed by atoms with Crippen LogP contribution in [0.1, 0.15) is 11.1 Å². The van der Waals surface area contributed by atoms with E-state index in [4.69, 9.17) is 0 Å². The summed E-state index contributed by atoms with van der Waals surface area (Å²) in [6.45, 7) is 0. The zero-order chi connectivity index (χ0) is 16.4. The molecule has 0 aliphatic heterocycles. The first-order chi connectivity index (χ1) is 10.7. The summed E-state index contributed by atoms with van der Waals surface area (Å²) in [4.78, 5) is 15.1. The molecule has 2 aromatic rings. The molecule has 0 aliphatic rings. The summed E-state index contributed by atoms with van der Waals surface area (Å²) in [5.41, 5.74) is 1.22. The van der Waals surface area contributed by atoms with Crippen LogP contribution in [-0.4, -0.2) is 18.2 Å². The third kappa shape index (κ3) is 8.59. The van der Waals surface area contributed by atoms with Crippen molar-refractivity contribution in [3.63, 3.8) is 0 Å². The van der Waals surface area contributed by atoms with Crippen molar-refractivity contribution < 1.29 is 85.2 Å². The van der Waals surface area contributed by atoms with Crippen molar-refractivity contribution in [2.45, 2.75) is 12.5 Å². The van der Waals surface area contributed by atoms with E-state index in [2.05, 4.69) is 14.4 Å². The second kappa shape index (κ2) is 13.3. The molecule has 2 aromatic carbocycles. The van der Waals surface area contributed by atoms with Gasteiger partial charge in [-0.15, -0.1) is 5.75 Å². The smallest absolute Gasteiger partial charge is 1.00 e. The van der Waals surface area contributed by atoms with Gasteiger partial charge in [0.1, 0.15) is 0 Å². The molecule has 0 N–H and O–H groups in total. The Morgan fingerprint density at radius 1 is 1.13 bits per heavy atom. The SMILES string of the molecule is O=C([O-])[C@H](Cc1ccccc1)N=Cc1ccccc1[O-].[Cl][Pt+].[K+]. The number of para-hydroxylation sites is 1. The van der Waals surface area contributed by atoms with Gasteiger partial charge < -0.3 is 15.0 Å². The van der Waals surface area contributed by atoms with Gasteiger partial charge in [0.25, 0.3) is 0 Å². The van der Waals surface area contributed by atoms with E-state index < -0.39 is 12.0 Å². The van der Waals surface area contributed by atoms with Crippen molar-refractivity contribution in [2.24, 2.45) is 4.99 Å². The molecule has 0 bridgehead atoms. The van der Waals surface area contributed by atoms with Gasteiger partial charge in [-0.2, -0.15) is 0 Å². The monoisotopic (exact) mass is 536 g/mol. The third-order valence-corrected chi connectivity index (χ3v) is 2.86. The Kier molecular flexibility index (Phi) is 13.3. The van der Waals surface area contributed by atoms with Gasteiger partial charge in [0.15, 0.2) is 0 Å². The maximum atomic E-state index is 11.5. The van der Waals surface area contributed by atoms with Crippen LogP contribution in [0.3, 0.4) is 0 Å². The van der Waals surface area contributed by atoms with Crippen LogP contribution in [0.5, 0.6) is 5.75 Å². The topological polar surface area (TPSA) is 75.5 Å². The molecule has 0 radical (unpaired) electrons. The van der Waals surface area contributed by atoms with Gasteiger partial charge in [-0.05, 0) is 11.1 Å². The quantitative estimate of drug-likeness (QED) is 0.335. The average molecular weight is 537 g/mol. The number of carboxylic acid groups (broad SMARTS) is 1. The molecule has 0 spiro atoms. The minimum Gasteiger partial charge on any atom is 1.00 e. The van der Waals surface area contributed by atoms with Crippen molar-refractivity contribution in [1.29, 1.82) is 0 Å². The van der Waals surface area contributed by atoms with Crippen LogP contribution in [0.2, 0.25) is 0 Å². The van der Waals surface area contributed by atoms with Gasteiger partial charge in [-0.1, -0.05) is 54.6 Å². The van der Waals surface area contributed by atoms with Crippen LogP contribution >= 0.6 is 9.42 Å². The zero-order valence-electron chi connectivity index (χ0n) is 12.4. The number of carbonyl (C=O) groups excluding carboxylic acids is 1. The number of hydrogen-bond acceptors (Lipinski definition) is 4. The predicted molar refractivity (Wildman–Crippen MR) is 78.3 cm³/mol. The molecule has 23 heavy (non-hydrogen) atoms. The fourth-order valence-electron chi connectivity index (χ4n) is 1.79. The van der Waals surface area contributed by atoms with Crippen molar-refractivity contribution >= 4 is 21.6 Å². The Hall–Kier alpha value is -0.00532. The van der Waals surface area contributed by atoms with Gasteiger partial charge in [-0.3, -0.25) is 4.99 Å². The fourth-order valence-corrected chi connectivity index (χ4v) is 1.79. The standard InChI is InChI=1S/C16H15NO3.ClH.K.Pt/c18-15-9-5-4-8-13(15)11-17-14(16(19)20)10-12-6-2-1-3-7-12;;;/h1-9,11,14,18H,10H2,(H,19,20);1H;;/q;;+1;+2/p-3/t14-;;;/m0.../s1. The van der Waals surface area contributed by atoms with E-state index in [9.17, 15) is 15.0 Å². The minimum absolute atomic E-state index is 0. The second-order valence-corrected chi connectivity index (χ2v) is 4.34. The van der Waals surface area contributed by atoms with Gasteiger partial charge in [0.2, 0.25) is 0 Å². The van der Waals surface area contributed by atoms with E-state index in [1.54, 1.807) is 37.0 Å². The molecule has 0 unspecified atom stereocenters. The third-order valence-electron chi connectivity index (χ3n) is 2.86. The zero-order valence-corrected chi connectivity index (χ0v) is 18.6. The van der Waals surface area contributed by atoms with Gasteiger partial charge >= 0.3 is 79.6 Å². The van der Waals surface area contributed by atoms with Crippen molar-refractivity contribution in [1.82, 2.24) is 0 Å². The Labute approximate surface area is 193 Å². The van der Waals surface area contributed by atoms with E-state index in [0.717, 1.165) is 5.56 Å². The first-order valence-corrected chi connectivity index (χ1v) is 9.14. The number of rotatable bonds is 5. The van der Waals surface area contributed by atoms with E-state index in [0.29, 0.717) is 5.56 Å². The van der Waals surface area contributed by atoms with Gasteiger partial charge in [-0.25, -0.2) is 0 Å². The molecule has 0 aromatic heterocycles. The van der Waals surface area contributed by atoms with Crippen LogP contribution in [0.25, 0.3) is 0 Å². The maximum Gasteiger partial charge on any atom is 1.00 e. The van der Waals surface area contributed by atoms with Crippen LogP contribution < -0.4 is 61.6 Å². The Bertz CT molecular complexity index is 626. The molecular formula is C16H13ClKNO3Pt. The Morgan fingerprint density at radius 3 is 2.26 bits per heavy atom. The molecule has 118 valence electrons. The number of hydrogen-bond donors (Lipinski definition) is 0. The number of aliphatic carboxylic acids is 1. The number of benzene rings is 2. The fraction of sp³-hybridized carbons (Fsp3) is 0.125. The van der Waals surface area contributed by atoms with E-state index in [1.807, 2.05) is 30.3 Å². The maximum absolute atomic E-state index is 11.5. The van der Waals surface area contributed by atoms with Gasteiger partial charge in [0.05, 0.1) is 12.0 Å². The summed E-state index contributed by atoms with van der Waals surface area (Å²) >= 11 is 1.61. The Balaban J connectivity index is 0.00000155. The summed E-state index contributed by atoms with van der Waals surface area (Å²) in [6, 6.07) is 14.5. The van der Waals surface area contributed by atoms with Crippen molar-refractivity contribution in [3.8, 4) is 5.75 Å². The largest absolute Gasteiger partial charge is 1.00 e. The van der Waals surface area contributed by atoms with Crippen molar-refractivity contribution in [3.05, 3.63) is 65.7 Å². The molecule has 7 heteroatoms. The molecule has 1 atom stereocenters. The summed E-state index contributed by atoms with van der Waals surface area (Å²) < 4.78 is 0. The summed E-state index contributed by atoms with van der Waals surface area (Å²) in [5, 5.41) is 22.6. The normalized spacial score (nSPS) is 11.1. The van der Waals surface area contributed by atoms with E-state index in [1.165, 1.54) is 12.3 Å². The number of carbonyl (C=O) groups is 1. The van der Waals surface area contributed by atoms with Crippen LogP contribution in [-0.2, 0) is 30.0 Å². The molecule has 0 heterocycles. The summed E-state index contributed by atoms with van der Waals surface area (Å²) in [6.07, 6.45) is 1.53. The van der Waals surface area contributed by atoms with E-state index >= 15 is 0 Å². The molecule has 0 amide bonds. The molecular weight excluding hydrogens is 524 g/mol. The summed E-state index contributed by atoms with van der Waals surface area (Å²) in [5.74, 6) is -1.44. The number of halogens is 1. The van der Waals surface area contributed by atoms with Crippen LogP contribution in [0.4, 0.5) is 0 Å². The molecule has 0 aliphatic carbocycles. The predicted octanol–water partition coefficient (Wildman–Crippen LogP) is -1.77. The summed E-state index contributed by atoms with van der Waals surface area (Å²) in [7, 11) is 4.61. The van der Waals surface area contributed by atoms with Crippen LogP contribution in [0, 0.1) is 0 Å². The minimum atomic E-state index is -1.26. The molecule has 0 saturated heterocycles. The van der Waals surface area contributed by atoms with Gasteiger partial charge in [0, 0.05) is 12.6 Å². The first-order valence-electron chi connectivity index (χ1n) is 6.33. The number of aliphatic imine (C=N–C) groups is 1. The number of carboxylic acids is 1. The first kappa shape index (κ1) is 23.0. The average Bonchev–Trinajstić information content (AvgIpc) is 2.55. The molecule has 0 fully saturated rings. The Morgan fingerprint density at radius 2 is 1.70 bits per heavy atom. The van der Waals surface area contributed by atoms with Crippen LogP contribution in [0.15, 0.2) is 59.6 Å². The second-order valence-electron chi connectivity index (χ2n) is 4.34. The number of nitrogens with zero attached hydrogens (tertiary/aromatic N) is 1. The van der Waals surface area contributed by atoms with Crippen molar-refractivity contribution in [2.75, 3.05) is 0 Å².